The summed E-state index contributed by atoms with van der Waals surface area (Å²) in [5.74, 6) is 0. The summed E-state index contributed by atoms with van der Waals surface area (Å²) in [6.45, 7) is 10.5. The van der Waals surface area contributed by atoms with Crippen molar-refractivity contribution in [1.82, 2.24) is 10.2 Å². The highest BCUT2D eigenvalue weighted by Crippen LogP contribution is 2.00. The number of ether oxygens (including phenoxy) is 3. The Morgan fingerprint density at radius 1 is 1.06 bits per heavy atom. The normalized spacial score (nSPS) is 13.2. The number of hydrogen-bond donors (Lipinski definition) is 1. The minimum atomic E-state index is 0.362. The maximum absolute atomic E-state index is 5.43. The molecule has 0 saturated heterocycles. The molecule has 1 N–H and O–H groups in total. The summed E-state index contributed by atoms with van der Waals surface area (Å²) >= 11 is 0. The average molecular weight is 262 g/mol. The molecule has 5 heteroatoms. The summed E-state index contributed by atoms with van der Waals surface area (Å²) < 4.78 is 16.2. The van der Waals surface area contributed by atoms with Gasteiger partial charge in [-0.15, -0.1) is 0 Å². The van der Waals surface area contributed by atoms with Crippen molar-refractivity contribution in [3.8, 4) is 0 Å². The topological polar surface area (TPSA) is 43.0 Å². The van der Waals surface area contributed by atoms with Gasteiger partial charge < -0.3 is 19.5 Å². The highest BCUT2D eigenvalue weighted by Gasteiger charge is 2.17. The summed E-state index contributed by atoms with van der Waals surface area (Å²) in [7, 11) is 3.71. The van der Waals surface area contributed by atoms with E-state index >= 15 is 0 Å². The lowest BCUT2D eigenvalue weighted by Crippen LogP contribution is -2.47. The van der Waals surface area contributed by atoms with E-state index in [0.717, 1.165) is 52.7 Å². The van der Waals surface area contributed by atoms with Crippen LogP contribution in [0.1, 0.15) is 13.8 Å². The van der Waals surface area contributed by atoms with Crippen molar-refractivity contribution in [3.63, 3.8) is 0 Å². The van der Waals surface area contributed by atoms with Gasteiger partial charge in [-0.2, -0.15) is 0 Å². The van der Waals surface area contributed by atoms with Crippen LogP contribution < -0.4 is 5.32 Å². The number of hydrogen-bond acceptors (Lipinski definition) is 5. The van der Waals surface area contributed by atoms with Crippen LogP contribution in [0.25, 0.3) is 0 Å². The zero-order valence-corrected chi connectivity index (χ0v) is 12.4. The molecule has 0 spiro atoms. The van der Waals surface area contributed by atoms with Crippen LogP contribution in [-0.4, -0.2) is 77.8 Å². The van der Waals surface area contributed by atoms with E-state index in [9.17, 15) is 0 Å². The minimum Gasteiger partial charge on any atom is -0.383 e. The van der Waals surface area contributed by atoms with E-state index in [1.807, 2.05) is 20.9 Å². The Balaban J connectivity index is 4.18. The van der Waals surface area contributed by atoms with Crippen LogP contribution in [0.15, 0.2) is 0 Å². The van der Waals surface area contributed by atoms with Crippen molar-refractivity contribution in [2.24, 2.45) is 0 Å². The molecule has 0 aliphatic rings. The van der Waals surface area contributed by atoms with E-state index in [1.165, 1.54) is 0 Å². The smallest absolute Gasteiger partial charge is 0.0630 e. The molecule has 0 radical (unpaired) electrons. The second-order valence-corrected chi connectivity index (χ2v) is 4.10. The highest BCUT2D eigenvalue weighted by atomic mass is 16.5. The first-order valence-electron chi connectivity index (χ1n) is 6.83. The second-order valence-electron chi connectivity index (χ2n) is 4.10. The largest absolute Gasteiger partial charge is 0.383 e. The SMILES string of the molecule is CCOCCN(CCOCC)C(CNC)COC. The Hall–Kier alpha value is -0.200. The predicted octanol–water partition coefficient (Wildman–Crippen LogP) is 0.596. The highest BCUT2D eigenvalue weighted by molar-refractivity contribution is 4.73. The zero-order valence-electron chi connectivity index (χ0n) is 12.4. The lowest BCUT2D eigenvalue weighted by Gasteiger charge is -2.31. The molecule has 0 aliphatic heterocycles. The Kier molecular flexibility index (Phi) is 13.1. The third-order valence-corrected chi connectivity index (χ3v) is 2.77. The molecule has 0 amide bonds. The number of nitrogens with one attached hydrogen (secondary N) is 1. The van der Waals surface area contributed by atoms with Gasteiger partial charge in [0.05, 0.1) is 19.8 Å². The summed E-state index contributed by atoms with van der Waals surface area (Å²) in [6, 6.07) is 0.362. The summed E-state index contributed by atoms with van der Waals surface area (Å²) in [5.41, 5.74) is 0. The van der Waals surface area contributed by atoms with Crippen LogP contribution in [-0.2, 0) is 14.2 Å². The molecule has 1 atom stereocenters. The van der Waals surface area contributed by atoms with E-state index in [-0.39, 0.29) is 0 Å². The molecule has 0 heterocycles. The molecule has 110 valence electrons. The van der Waals surface area contributed by atoms with Gasteiger partial charge in [0.1, 0.15) is 0 Å². The number of nitrogens with zero attached hydrogens (tertiary/aromatic N) is 1. The fraction of sp³-hybridized carbons (Fsp3) is 1.00. The van der Waals surface area contributed by atoms with Crippen LogP contribution in [0.2, 0.25) is 0 Å². The van der Waals surface area contributed by atoms with Crippen molar-refractivity contribution < 1.29 is 14.2 Å². The van der Waals surface area contributed by atoms with Gasteiger partial charge in [0.15, 0.2) is 0 Å². The van der Waals surface area contributed by atoms with Crippen molar-refractivity contribution >= 4 is 0 Å². The van der Waals surface area contributed by atoms with Gasteiger partial charge in [0, 0.05) is 46.0 Å². The Bertz CT molecular complexity index is 154. The molecule has 0 rings (SSSR count). The zero-order chi connectivity index (χ0) is 13.6. The average Bonchev–Trinajstić information content (AvgIpc) is 2.37. The molecule has 0 aliphatic carbocycles. The summed E-state index contributed by atoms with van der Waals surface area (Å²) in [4.78, 5) is 2.37. The van der Waals surface area contributed by atoms with Crippen LogP contribution >= 0.6 is 0 Å². The first-order chi connectivity index (χ1) is 8.79. The van der Waals surface area contributed by atoms with Crippen LogP contribution in [0.4, 0.5) is 0 Å². The molecular weight excluding hydrogens is 232 g/mol. The van der Waals surface area contributed by atoms with Crippen LogP contribution in [0.3, 0.4) is 0 Å². The van der Waals surface area contributed by atoms with Crippen LogP contribution in [0, 0.1) is 0 Å². The fourth-order valence-electron chi connectivity index (χ4n) is 1.85. The fourth-order valence-corrected chi connectivity index (χ4v) is 1.85. The Morgan fingerprint density at radius 3 is 2.00 bits per heavy atom. The van der Waals surface area contributed by atoms with Gasteiger partial charge in [-0.1, -0.05) is 0 Å². The molecular formula is C13H30N2O3. The molecule has 0 saturated carbocycles. The van der Waals surface area contributed by atoms with Gasteiger partial charge in [-0.3, -0.25) is 4.90 Å². The number of methoxy groups -OCH3 is 1. The van der Waals surface area contributed by atoms with Crippen molar-refractivity contribution in [1.29, 1.82) is 0 Å². The van der Waals surface area contributed by atoms with E-state index in [0.29, 0.717) is 6.04 Å². The van der Waals surface area contributed by atoms with Gasteiger partial charge in [0.25, 0.3) is 0 Å². The van der Waals surface area contributed by atoms with Gasteiger partial charge >= 0.3 is 0 Å². The van der Waals surface area contributed by atoms with Crippen molar-refractivity contribution in [2.75, 3.05) is 66.8 Å². The lowest BCUT2D eigenvalue weighted by atomic mass is 10.2. The molecule has 1 unspecified atom stereocenters. The molecule has 0 aromatic heterocycles. The maximum Gasteiger partial charge on any atom is 0.0630 e. The number of likely N-dealkylation sites (N-methyl/N-ethyl adjacent to an activating group) is 1. The maximum atomic E-state index is 5.43. The Morgan fingerprint density at radius 2 is 1.61 bits per heavy atom. The molecule has 5 nitrogen and oxygen atoms in total. The summed E-state index contributed by atoms with van der Waals surface area (Å²) in [6.07, 6.45) is 0. The van der Waals surface area contributed by atoms with Crippen molar-refractivity contribution in [2.45, 2.75) is 19.9 Å². The van der Waals surface area contributed by atoms with E-state index in [1.54, 1.807) is 7.11 Å². The first-order valence-corrected chi connectivity index (χ1v) is 6.83. The molecule has 18 heavy (non-hydrogen) atoms. The second kappa shape index (κ2) is 13.2. The predicted molar refractivity (Wildman–Crippen MR) is 74.1 cm³/mol. The quantitative estimate of drug-likeness (QED) is 0.492. The van der Waals surface area contributed by atoms with Gasteiger partial charge in [0.2, 0.25) is 0 Å². The third kappa shape index (κ3) is 8.83. The van der Waals surface area contributed by atoms with E-state index in [2.05, 4.69) is 10.2 Å². The third-order valence-electron chi connectivity index (χ3n) is 2.77. The standard InChI is InChI=1S/C13H30N2O3/c1-5-17-9-7-15(8-10-18-6-2)13(11-14-3)12-16-4/h13-14H,5-12H2,1-4H3. The molecule has 0 fully saturated rings. The van der Waals surface area contributed by atoms with Gasteiger partial charge in [-0.05, 0) is 20.9 Å². The van der Waals surface area contributed by atoms with Crippen LogP contribution in [0.5, 0.6) is 0 Å². The monoisotopic (exact) mass is 262 g/mol. The lowest BCUT2D eigenvalue weighted by molar-refractivity contribution is 0.0360. The van der Waals surface area contributed by atoms with E-state index < -0.39 is 0 Å². The Labute approximate surface area is 112 Å². The molecule has 0 aromatic rings. The first kappa shape index (κ1) is 17.8. The number of rotatable bonds is 13. The van der Waals surface area contributed by atoms with Gasteiger partial charge in [-0.25, -0.2) is 0 Å². The molecule has 0 aromatic carbocycles. The molecule has 0 bridgehead atoms. The van der Waals surface area contributed by atoms with Crippen molar-refractivity contribution in [3.05, 3.63) is 0 Å². The van der Waals surface area contributed by atoms with E-state index in [4.69, 9.17) is 14.2 Å². The summed E-state index contributed by atoms with van der Waals surface area (Å²) in [5, 5.41) is 3.21. The minimum absolute atomic E-state index is 0.362.